The molecule has 0 amide bonds. The van der Waals surface area contributed by atoms with Gasteiger partial charge in [-0.1, -0.05) is 19.1 Å². The van der Waals surface area contributed by atoms with Crippen LogP contribution < -0.4 is 10.1 Å². The molecule has 0 fully saturated rings. The summed E-state index contributed by atoms with van der Waals surface area (Å²) in [5.74, 6) is 0.849. The van der Waals surface area contributed by atoms with Gasteiger partial charge < -0.3 is 15.2 Å². The summed E-state index contributed by atoms with van der Waals surface area (Å²) in [6.07, 6.45) is 0.702. The van der Waals surface area contributed by atoms with E-state index in [4.69, 9.17) is 4.74 Å². The zero-order valence-electron chi connectivity index (χ0n) is 11.9. The lowest BCUT2D eigenvalue weighted by atomic mass is 10.0. The molecule has 3 nitrogen and oxygen atoms in total. The maximum absolute atomic E-state index is 9.21. The van der Waals surface area contributed by atoms with Crippen LogP contribution in [0.3, 0.4) is 0 Å². The number of rotatable bonds is 7. The molecule has 1 aromatic carbocycles. The Hall–Kier alpha value is -1.06. The normalized spacial score (nSPS) is 14.3. The Morgan fingerprint density at radius 2 is 2.06 bits per heavy atom. The molecule has 2 atom stereocenters. The first-order chi connectivity index (χ1) is 8.54. The highest BCUT2D eigenvalue weighted by molar-refractivity contribution is 5.37. The van der Waals surface area contributed by atoms with Crippen LogP contribution in [0.1, 0.15) is 44.4 Å². The van der Waals surface area contributed by atoms with E-state index in [9.17, 15) is 5.11 Å². The summed E-state index contributed by atoms with van der Waals surface area (Å²) < 4.78 is 5.54. The van der Waals surface area contributed by atoms with Crippen molar-refractivity contribution in [2.24, 2.45) is 0 Å². The van der Waals surface area contributed by atoms with Gasteiger partial charge in [-0.05, 0) is 50.9 Å². The van der Waals surface area contributed by atoms with Gasteiger partial charge in [0.25, 0.3) is 0 Å². The zero-order valence-corrected chi connectivity index (χ0v) is 11.9. The van der Waals surface area contributed by atoms with Gasteiger partial charge in [0.15, 0.2) is 0 Å². The molecule has 102 valence electrons. The molecule has 0 aromatic heterocycles. The molecule has 0 saturated heterocycles. The van der Waals surface area contributed by atoms with Crippen molar-refractivity contribution in [2.75, 3.05) is 13.2 Å². The molecule has 2 unspecified atom stereocenters. The molecule has 1 aromatic rings. The lowest BCUT2D eigenvalue weighted by molar-refractivity contribution is 0.122. The molecule has 0 radical (unpaired) electrons. The predicted molar refractivity (Wildman–Crippen MR) is 75.1 cm³/mol. The Morgan fingerprint density at radius 3 is 2.61 bits per heavy atom. The van der Waals surface area contributed by atoms with E-state index in [0.29, 0.717) is 12.6 Å². The van der Waals surface area contributed by atoms with Gasteiger partial charge in [0.05, 0.1) is 6.10 Å². The van der Waals surface area contributed by atoms with Gasteiger partial charge in [-0.15, -0.1) is 0 Å². The second kappa shape index (κ2) is 7.39. The van der Waals surface area contributed by atoms with Crippen LogP contribution in [0, 0.1) is 6.92 Å². The summed E-state index contributed by atoms with van der Waals surface area (Å²) in [4.78, 5) is 0. The van der Waals surface area contributed by atoms with Crippen molar-refractivity contribution in [1.29, 1.82) is 0 Å². The van der Waals surface area contributed by atoms with E-state index >= 15 is 0 Å². The molecular formula is C15H25NO2. The number of aryl methyl sites for hydroxylation is 1. The van der Waals surface area contributed by atoms with E-state index in [1.54, 1.807) is 6.92 Å². The Morgan fingerprint density at radius 1 is 1.33 bits per heavy atom. The lowest BCUT2D eigenvalue weighted by Crippen LogP contribution is -2.19. The Balaban J connectivity index is 2.66. The fourth-order valence-electron chi connectivity index (χ4n) is 1.79. The first-order valence-corrected chi connectivity index (χ1v) is 6.69. The molecule has 18 heavy (non-hydrogen) atoms. The molecule has 3 heteroatoms. The van der Waals surface area contributed by atoms with Gasteiger partial charge in [0.1, 0.15) is 12.4 Å². The van der Waals surface area contributed by atoms with Crippen LogP contribution in [0.5, 0.6) is 5.75 Å². The van der Waals surface area contributed by atoms with Crippen molar-refractivity contribution >= 4 is 0 Å². The van der Waals surface area contributed by atoms with Crippen molar-refractivity contribution in [2.45, 2.75) is 46.3 Å². The van der Waals surface area contributed by atoms with Crippen molar-refractivity contribution in [1.82, 2.24) is 5.32 Å². The molecule has 2 N–H and O–H groups in total. The second-order valence-corrected chi connectivity index (χ2v) is 4.86. The number of ether oxygens (including phenoxy) is 1. The van der Waals surface area contributed by atoms with Gasteiger partial charge in [-0.25, -0.2) is 0 Å². The molecular weight excluding hydrogens is 226 g/mol. The monoisotopic (exact) mass is 251 g/mol. The van der Waals surface area contributed by atoms with Crippen molar-refractivity contribution < 1.29 is 9.84 Å². The number of aliphatic hydroxyl groups is 1. The van der Waals surface area contributed by atoms with Crippen LogP contribution in [0.2, 0.25) is 0 Å². The third-order valence-corrected chi connectivity index (χ3v) is 2.88. The summed E-state index contributed by atoms with van der Waals surface area (Å²) in [6.45, 7) is 9.46. The summed E-state index contributed by atoms with van der Waals surface area (Å²) in [5.41, 5.74) is 2.38. The number of nitrogens with one attached hydrogen (secondary N) is 1. The minimum atomic E-state index is -0.436. The molecule has 0 spiro atoms. The highest BCUT2D eigenvalue weighted by atomic mass is 16.5. The second-order valence-electron chi connectivity index (χ2n) is 4.86. The van der Waals surface area contributed by atoms with Gasteiger partial charge in [-0.2, -0.15) is 0 Å². The van der Waals surface area contributed by atoms with Gasteiger partial charge in [-0.3, -0.25) is 0 Å². The van der Waals surface area contributed by atoms with Crippen LogP contribution in [0.25, 0.3) is 0 Å². The number of hydrogen-bond acceptors (Lipinski definition) is 3. The van der Waals surface area contributed by atoms with Gasteiger partial charge in [0, 0.05) is 6.04 Å². The van der Waals surface area contributed by atoms with Crippen molar-refractivity contribution in [3.05, 3.63) is 29.3 Å². The molecule has 1 rings (SSSR count). The predicted octanol–water partition coefficient (Wildman–Crippen LogP) is 2.82. The first kappa shape index (κ1) is 15.0. The van der Waals surface area contributed by atoms with Crippen LogP contribution >= 0.6 is 0 Å². The standard InChI is InChI=1S/C15H25NO2/c1-5-8-16-13(4)14-6-7-15(11(2)9-14)18-10-12(3)17/h6-7,9,12-13,16-17H,5,8,10H2,1-4H3. The Kier molecular flexibility index (Phi) is 6.16. The maximum Gasteiger partial charge on any atom is 0.122 e. The van der Waals surface area contributed by atoms with Crippen molar-refractivity contribution in [3.63, 3.8) is 0 Å². The van der Waals surface area contributed by atoms with E-state index in [1.165, 1.54) is 5.56 Å². The van der Waals surface area contributed by atoms with Crippen LogP contribution in [-0.4, -0.2) is 24.4 Å². The molecule has 0 heterocycles. The van der Waals surface area contributed by atoms with Gasteiger partial charge in [0.2, 0.25) is 0 Å². The van der Waals surface area contributed by atoms with E-state index < -0.39 is 6.10 Å². The molecule has 0 saturated carbocycles. The zero-order chi connectivity index (χ0) is 13.5. The third kappa shape index (κ3) is 4.67. The average Bonchev–Trinajstić information content (AvgIpc) is 2.34. The Labute approximate surface area is 110 Å². The van der Waals surface area contributed by atoms with E-state index in [0.717, 1.165) is 24.3 Å². The van der Waals surface area contributed by atoms with Crippen molar-refractivity contribution in [3.8, 4) is 5.75 Å². The minimum Gasteiger partial charge on any atom is -0.491 e. The molecule has 0 bridgehead atoms. The fourth-order valence-corrected chi connectivity index (χ4v) is 1.79. The number of benzene rings is 1. The smallest absolute Gasteiger partial charge is 0.122 e. The average molecular weight is 251 g/mol. The number of aliphatic hydroxyl groups excluding tert-OH is 1. The summed E-state index contributed by atoms with van der Waals surface area (Å²) in [7, 11) is 0. The van der Waals surface area contributed by atoms with E-state index in [-0.39, 0.29) is 0 Å². The first-order valence-electron chi connectivity index (χ1n) is 6.69. The van der Waals surface area contributed by atoms with Gasteiger partial charge >= 0.3 is 0 Å². The Bertz CT molecular complexity index is 364. The SMILES string of the molecule is CCCNC(C)c1ccc(OCC(C)O)c(C)c1. The van der Waals surface area contributed by atoms with Crippen LogP contribution in [-0.2, 0) is 0 Å². The quantitative estimate of drug-likeness (QED) is 0.783. The minimum absolute atomic E-state index is 0.337. The molecule has 0 aliphatic carbocycles. The molecule has 0 aliphatic heterocycles. The topological polar surface area (TPSA) is 41.5 Å². The summed E-state index contributed by atoms with van der Waals surface area (Å²) in [5, 5.41) is 12.7. The van der Waals surface area contributed by atoms with E-state index in [2.05, 4.69) is 31.3 Å². The summed E-state index contributed by atoms with van der Waals surface area (Å²) >= 11 is 0. The summed E-state index contributed by atoms with van der Waals surface area (Å²) in [6, 6.07) is 6.56. The maximum atomic E-state index is 9.21. The van der Waals surface area contributed by atoms with Crippen LogP contribution in [0.4, 0.5) is 0 Å². The highest BCUT2D eigenvalue weighted by Gasteiger charge is 2.07. The lowest BCUT2D eigenvalue weighted by Gasteiger charge is -2.16. The van der Waals surface area contributed by atoms with Crippen LogP contribution in [0.15, 0.2) is 18.2 Å². The highest BCUT2D eigenvalue weighted by Crippen LogP contribution is 2.22. The largest absolute Gasteiger partial charge is 0.491 e. The number of hydrogen-bond donors (Lipinski definition) is 2. The van der Waals surface area contributed by atoms with E-state index in [1.807, 2.05) is 13.0 Å². The fraction of sp³-hybridized carbons (Fsp3) is 0.600. The molecule has 0 aliphatic rings. The third-order valence-electron chi connectivity index (χ3n) is 2.88.